The smallest absolute Gasteiger partial charge is 0.276 e. The van der Waals surface area contributed by atoms with Gasteiger partial charge >= 0.3 is 0 Å². The summed E-state index contributed by atoms with van der Waals surface area (Å²) >= 11 is 0. The molecule has 0 saturated carbocycles. The molecule has 1 amide bonds. The maximum absolute atomic E-state index is 12.4. The Morgan fingerprint density at radius 3 is 2.64 bits per heavy atom. The Hall–Kier alpha value is -2.61. The van der Waals surface area contributed by atoms with Crippen LogP contribution in [0.25, 0.3) is 0 Å². The summed E-state index contributed by atoms with van der Waals surface area (Å²) in [7, 11) is 1.56. The Morgan fingerprint density at radius 1 is 1.29 bits per heavy atom. The van der Waals surface area contributed by atoms with Gasteiger partial charge in [0.05, 0.1) is 19.3 Å². The molecule has 0 atom stereocenters. The van der Waals surface area contributed by atoms with Crippen molar-refractivity contribution in [1.29, 1.82) is 0 Å². The van der Waals surface area contributed by atoms with E-state index in [1.807, 2.05) is 30.7 Å². The fourth-order valence-electron chi connectivity index (χ4n) is 3.67. The second-order valence-electron chi connectivity index (χ2n) is 7.04. The Kier molecular flexibility index (Phi) is 6.51. The van der Waals surface area contributed by atoms with Crippen LogP contribution in [-0.4, -0.2) is 69.1 Å². The molecule has 0 radical (unpaired) electrons. The number of hydrogen-bond donors (Lipinski definition) is 1. The molecule has 0 unspecified atom stereocenters. The Balaban J connectivity index is 1.58. The largest absolute Gasteiger partial charge is 0.504 e. The van der Waals surface area contributed by atoms with Crippen molar-refractivity contribution in [2.24, 2.45) is 0 Å². The molecule has 3 rings (SSSR count). The van der Waals surface area contributed by atoms with Crippen LogP contribution in [0.15, 0.2) is 24.4 Å². The van der Waals surface area contributed by atoms with Crippen LogP contribution in [0.1, 0.15) is 48.8 Å². The topological polar surface area (TPSA) is 83.7 Å². The van der Waals surface area contributed by atoms with E-state index in [9.17, 15) is 9.90 Å². The van der Waals surface area contributed by atoms with Crippen LogP contribution in [0, 0.1) is 0 Å². The lowest BCUT2D eigenvalue weighted by molar-refractivity contribution is 0.0767. The molecule has 1 saturated heterocycles. The number of benzene rings is 1. The van der Waals surface area contributed by atoms with Gasteiger partial charge < -0.3 is 14.7 Å². The molecule has 1 aromatic carbocycles. The molecule has 1 aliphatic rings. The molecule has 0 spiro atoms. The molecule has 1 aliphatic heterocycles. The minimum atomic E-state index is -0.0674. The number of methoxy groups -OCH3 is 1. The van der Waals surface area contributed by atoms with Crippen LogP contribution < -0.4 is 4.74 Å². The maximum atomic E-state index is 12.4. The summed E-state index contributed by atoms with van der Waals surface area (Å²) in [5, 5.41) is 18.6. The van der Waals surface area contributed by atoms with Gasteiger partial charge in [0, 0.05) is 38.3 Å². The number of carbonyl (C=O) groups excluding carboxylic acids is 1. The van der Waals surface area contributed by atoms with E-state index in [2.05, 4.69) is 15.2 Å². The number of phenols is 1. The van der Waals surface area contributed by atoms with Gasteiger partial charge in [-0.05, 0) is 32.8 Å². The van der Waals surface area contributed by atoms with E-state index < -0.39 is 0 Å². The molecule has 2 aromatic rings. The Labute approximate surface area is 165 Å². The predicted molar refractivity (Wildman–Crippen MR) is 105 cm³/mol. The highest BCUT2D eigenvalue weighted by atomic mass is 16.5. The Bertz CT molecular complexity index is 795. The second-order valence-corrected chi connectivity index (χ2v) is 7.04. The van der Waals surface area contributed by atoms with E-state index in [1.54, 1.807) is 24.3 Å². The fraction of sp³-hybridized carbons (Fsp3) is 0.550. The third kappa shape index (κ3) is 4.27. The lowest BCUT2D eigenvalue weighted by Gasteiger charge is -2.32. The molecule has 2 heterocycles. The number of para-hydroxylation sites is 1. The molecule has 28 heavy (non-hydrogen) atoms. The van der Waals surface area contributed by atoms with Gasteiger partial charge in [-0.1, -0.05) is 17.3 Å². The monoisotopic (exact) mass is 387 g/mol. The van der Waals surface area contributed by atoms with Gasteiger partial charge in [0.15, 0.2) is 17.2 Å². The highest BCUT2D eigenvalue weighted by molar-refractivity contribution is 5.91. The van der Waals surface area contributed by atoms with E-state index in [0.717, 1.165) is 31.5 Å². The maximum Gasteiger partial charge on any atom is 0.276 e. The quantitative estimate of drug-likeness (QED) is 0.785. The van der Waals surface area contributed by atoms with Gasteiger partial charge in [0.1, 0.15) is 0 Å². The number of aromatic nitrogens is 3. The van der Waals surface area contributed by atoms with Crippen LogP contribution in [0.5, 0.6) is 11.5 Å². The van der Waals surface area contributed by atoms with Gasteiger partial charge in [0.2, 0.25) is 0 Å². The van der Waals surface area contributed by atoms with Crippen molar-refractivity contribution in [3.63, 3.8) is 0 Å². The van der Waals surface area contributed by atoms with Gasteiger partial charge in [-0.25, -0.2) is 4.68 Å². The summed E-state index contributed by atoms with van der Waals surface area (Å²) < 4.78 is 7.02. The fourth-order valence-corrected chi connectivity index (χ4v) is 3.67. The lowest BCUT2D eigenvalue weighted by atomic mass is 10.0. The summed E-state index contributed by atoms with van der Waals surface area (Å²) in [6.45, 7) is 7.71. The molecular weight excluding hydrogens is 358 g/mol. The number of carbonyl (C=O) groups is 1. The van der Waals surface area contributed by atoms with Crippen molar-refractivity contribution in [2.75, 3.05) is 33.3 Å². The van der Waals surface area contributed by atoms with Crippen molar-refractivity contribution in [2.45, 2.75) is 39.3 Å². The minimum absolute atomic E-state index is 0.0674. The summed E-state index contributed by atoms with van der Waals surface area (Å²) in [6, 6.07) is 5.81. The molecule has 1 fully saturated rings. The first-order valence-electron chi connectivity index (χ1n) is 9.85. The number of nitrogens with zero attached hydrogens (tertiary/aromatic N) is 5. The van der Waals surface area contributed by atoms with Gasteiger partial charge in [-0.15, -0.1) is 5.10 Å². The van der Waals surface area contributed by atoms with E-state index >= 15 is 0 Å². The minimum Gasteiger partial charge on any atom is -0.504 e. The standard InChI is InChI=1S/C20H29N5O3/c1-4-24(5-2)20(27)17-14-25(22-21-17)16-9-11-23(12-10-16)13-15-7-6-8-18(28-3)19(15)26/h6-8,14,16,26H,4-5,9-13H2,1-3H3. The van der Waals surface area contributed by atoms with E-state index in [1.165, 1.54) is 0 Å². The number of phenolic OH excluding ortho intramolecular Hbond substituents is 1. The van der Waals surface area contributed by atoms with Crippen LogP contribution in [0.3, 0.4) is 0 Å². The van der Waals surface area contributed by atoms with E-state index in [4.69, 9.17) is 4.74 Å². The Morgan fingerprint density at radius 2 is 2.00 bits per heavy atom. The first kappa shape index (κ1) is 20.1. The zero-order valence-electron chi connectivity index (χ0n) is 16.8. The highest BCUT2D eigenvalue weighted by Gasteiger charge is 2.24. The summed E-state index contributed by atoms with van der Waals surface area (Å²) in [4.78, 5) is 16.5. The molecule has 0 bridgehead atoms. The third-order valence-electron chi connectivity index (χ3n) is 5.41. The number of aromatic hydroxyl groups is 1. The zero-order chi connectivity index (χ0) is 20.1. The van der Waals surface area contributed by atoms with Crippen molar-refractivity contribution in [1.82, 2.24) is 24.8 Å². The van der Waals surface area contributed by atoms with Crippen molar-refractivity contribution >= 4 is 5.91 Å². The SMILES string of the molecule is CCN(CC)C(=O)c1cn(C2CCN(Cc3cccc(OC)c3O)CC2)nn1. The van der Waals surface area contributed by atoms with Crippen LogP contribution in [0.4, 0.5) is 0 Å². The van der Waals surface area contributed by atoms with E-state index in [-0.39, 0.29) is 17.7 Å². The molecule has 8 heteroatoms. The van der Waals surface area contributed by atoms with Crippen LogP contribution in [-0.2, 0) is 6.54 Å². The second kappa shape index (κ2) is 9.05. The first-order chi connectivity index (χ1) is 13.6. The number of rotatable bonds is 7. The normalized spacial score (nSPS) is 15.5. The van der Waals surface area contributed by atoms with Crippen LogP contribution in [0.2, 0.25) is 0 Å². The third-order valence-corrected chi connectivity index (χ3v) is 5.41. The van der Waals surface area contributed by atoms with Gasteiger partial charge in [-0.3, -0.25) is 9.69 Å². The summed E-state index contributed by atoms with van der Waals surface area (Å²) in [6.07, 6.45) is 3.62. The predicted octanol–water partition coefficient (Wildman–Crippen LogP) is 2.31. The number of likely N-dealkylation sites (tertiary alicyclic amines) is 1. The number of amides is 1. The van der Waals surface area contributed by atoms with Crippen LogP contribution >= 0.6 is 0 Å². The molecule has 1 N–H and O–H groups in total. The molecule has 8 nitrogen and oxygen atoms in total. The van der Waals surface area contributed by atoms with Gasteiger partial charge in [0.25, 0.3) is 5.91 Å². The van der Waals surface area contributed by atoms with Gasteiger partial charge in [-0.2, -0.15) is 0 Å². The average molecular weight is 387 g/mol. The van der Waals surface area contributed by atoms with Crippen molar-refractivity contribution in [3.8, 4) is 11.5 Å². The summed E-state index contributed by atoms with van der Waals surface area (Å²) in [5.41, 5.74) is 1.28. The highest BCUT2D eigenvalue weighted by Crippen LogP contribution is 2.31. The van der Waals surface area contributed by atoms with Crippen molar-refractivity contribution in [3.05, 3.63) is 35.7 Å². The van der Waals surface area contributed by atoms with E-state index in [0.29, 0.717) is 31.1 Å². The number of hydrogen-bond acceptors (Lipinski definition) is 6. The first-order valence-corrected chi connectivity index (χ1v) is 9.85. The molecule has 0 aliphatic carbocycles. The molecule has 152 valence electrons. The summed E-state index contributed by atoms with van der Waals surface area (Å²) in [5.74, 6) is 0.644. The lowest BCUT2D eigenvalue weighted by Crippen LogP contribution is -2.34. The zero-order valence-corrected chi connectivity index (χ0v) is 16.8. The number of piperidine rings is 1. The average Bonchev–Trinajstić information content (AvgIpc) is 3.21. The number of ether oxygens (including phenoxy) is 1. The molecular formula is C20H29N5O3. The van der Waals surface area contributed by atoms with Crippen molar-refractivity contribution < 1.29 is 14.6 Å². The molecule has 1 aromatic heterocycles.